The lowest BCUT2D eigenvalue weighted by atomic mass is 10.0. The number of nitriles is 1. The number of H-pyrrole nitrogens is 1. The third-order valence-electron chi connectivity index (χ3n) is 2.73. The number of aromatic nitrogens is 1. The van der Waals surface area contributed by atoms with Gasteiger partial charge in [0.1, 0.15) is 11.6 Å². The van der Waals surface area contributed by atoms with Gasteiger partial charge in [-0.25, -0.2) is 0 Å². The van der Waals surface area contributed by atoms with Gasteiger partial charge < -0.3 is 4.98 Å². The van der Waals surface area contributed by atoms with Crippen LogP contribution < -0.4 is 5.56 Å². The van der Waals surface area contributed by atoms with E-state index in [1.54, 1.807) is 6.07 Å². The molecule has 2 rings (SSSR count). The highest BCUT2D eigenvalue weighted by Gasteiger charge is 2.24. The van der Waals surface area contributed by atoms with Gasteiger partial charge >= 0.3 is 11.4 Å². The predicted molar refractivity (Wildman–Crippen MR) is 70.5 cm³/mol. The number of nitro groups is 2. The molecule has 0 saturated carbocycles. The van der Waals surface area contributed by atoms with Crippen LogP contribution in [-0.2, 0) is 0 Å². The summed E-state index contributed by atoms with van der Waals surface area (Å²) in [5.74, 6) is 0. The number of nitrogens with one attached hydrogen (secondary N) is 1. The minimum absolute atomic E-state index is 0.159. The van der Waals surface area contributed by atoms with E-state index in [2.05, 4.69) is 4.98 Å². The zero-order chi connectivity index (χ0) is 15.6. The summed E-state index contributed by atoms with van der Waals surface area (Å²) < 4.78 is 0. The molecule has 1 aromatic heterocycles. The van der Waals surface area contributed by atoms with Crippen LogP contribution in [0.1, 0.15) is 5.56 Å². The van der Waals surface area contributed by atoms with Crippen molar-refractivity contribution in [2.45, 2.75) is 0 Å². The average molecular weight is 286 g/mol. The Labute approximate surface area is 116 Å². The number of hydrogen-bond donors (Lipinski definition) is 1. The predicted octanol–water partition coefficient (Wildman–Crippen LogP) is 1.73. The summed E-state index contributed by atoms with van der Waals surface area (Å²) in [6, 6.07) is 6.27. The highest BCUT2D eigenvalue weighted by molar-refractivity contribution is 5.70. The Morgan fingerprint density at radius 3 is 2.29 bits per heavy atom. The largest absolute Gasteiger partial charge is 0.346 e. The lowest BCUT2D eigenvalue weighted by Crippen LogP contribution is -2.08. The van der Waals surface area contributed by atoms with Gasteiger partial charge in [-0.2, -0.15) is 5.26 Å². The molecule has 0 aliphatic rings. The Morgan fingerprint density at radius 1 is 1.05 bits per heavy atom. The monoisotopic (exact) mass is 286 g/mol. The second-order valence-corrected chi connectivity index (χ2v) is 3.96. The van der Waals surface area contributed by atoms with Crippen LogP contribution in [0.3, 0.4) is 0 Å². The third-order valence-corrected chi connectivity index (χ3v) is 2.73. The number of hydrogen-bond acceptors (Lipinski definition) is 6. The van der Waals surface area contributed by atoms with E-state index in [1.165, 1.54) is 18.3 Å². The molecule has 2 aromatic rings. The smallest absolute Gasteiger partial charge is 0.327 e. The molecule has 21 heavy (non-hydrogen) atoms. The fourth-order valence-corrected chi connectivity index (χ4v) is 1.74. The van der Waals surface area contributed by atoms with Crippen molar-refractivity contribution in [3.8, 4) is 17.2 Å². The van der Waals surface area contributed by atoms with Crippen LogP contribution in [0, 0.1) is 31.6 Å². The molecule has 9 nitrogen and oxygen atoms in total. The zero-order valence-electron chi connectivity index (χ0n) is 10.3. The van der Waals surface area contributed by atoms with E-state index >= 15 is 0 Å². The van der Waals surface area contributed by atoms with E-state index in [9.17, 15) is 25.0 Å². The lowest BCUT2D eigenvalue weighted by Gasteiger charge is -2.02. The van der Waals surface area contributed by atoms with Crippen molar-refractivity contribution >= 4 is 11.4 Å². The van der Waals surface area contributed by atoms with Crippen LogP contribution in [0.25, 0.3) is 11.1 Å². The minimum Gasteiger partial charge on any atom is -0.327 e. The molecule has 0 amide bonds. The maximum absolute atomic E-state index is 11.3. The van der Waals surface area contributed by atoms with Crippen LogP contribution in [0.2, 0.25) is 0 Å². The first kappa shape index (κ1) is 13.9. The van der Waals surface area contributed by atoms with E-state index in [1.807, 2.05) is 0 Å². The molecule has 0 aliphatic carbocycles. The molecule has 1 heterocycles. The molecule has 0 saturated heterocycles. The van der Waals surface area contributed by atoms with Crippen LogP contribution in [0.15, 0.2) is 35.3 Å². The van der Waals surface area contributed by atoms with Crippen molar-refractivity contribution in [3.63, 3.8) is 0 Å². The zero-order valence-corrected chi connectivity index (χ0v) is 10.3. The summed E-state index contributed by atoms with van der Waals surface area (Å²) in [7, 11) is 0. The van der Waals surface area contributed by atoms with E-state index in [0.717, 1.165) is 12.1 Å². The summed E-state index contributed by atoms with van der Waals surface area (Å²) >= 11 is 0. The summed E-state index contributed by atoms with van der Waals surface area (Å²) in [6.07, 6.45) is 1.27. The average Bonchev–Trinajstić information content (AvgIpc) is 2.47. The van der Waals surface area contributed by atoms with E-state index in [-0.39, 0.29) is 11.1 Å². The van der Waals surface area contributed by atoms with Crippen molar-refractivity contribution in [2.75, 3.05) is 0 Å². The standard InChI is InChI=1S/C12H6N4O5/c13-5-8-3-9(6-14-12(8)17)7-1-2-10(15(18)19)11(4-7)16(20)21/h1-4,6H,(H,14,17). The first-order valence-electron chi connectivity index (χ1n) is 5.50. The van der Waals surface area contributed by atoms with Gasteiger partial charge in [-0.05, 0) is 23.3 Å². The van der Waals surface area contributed by atoms with Crippen LogP contribution >= 0.6 is 0 Å². The maximum Gasteiger partial charge on any atom is 0.346 e. The summed E-state index contributed by atoms with van der Waals surface area (Å²) in [6.45, 7) is 0. The van der Waals surface area contributed by atoms with Crippen molar-refractivity contribution in [1.82, 2.24) is 4.98 Å². The summed E-state index contributed by atoms with van der Waals surface area (Å²) in [5, 5.41) is 30.4. The Balaban J connectivity index is 2.64. The first-order valence-corrected chi connectivity index (χ1v) is 5.50. The van der Waals surface area contributed by atoms with Gasteiger partial charge in [0.25, 0.3) is 5.56 Å². The molecule has 1 aromatic carbocycles. The van der Waals surface area contributed by atoms with Crippen LogP contribution in [0.4, 0.5) is 11.4 Å². The maximum atomic E-state index is 11.3. The highest BCUT2D eigenvalue weighted by atomic mass is 16.6. The second-order valence-electron chi connectivity index (χ2n) is 3.96. The van der Waals surface area contributed by atoms with Gasteiger partial charge in [0.05, 0.1) is 9.85 Å². The molecular weight excluding hydrogens is 280 g/mol. The van der Waals surface area contributed by atoms with Crippen LogP contribution in [0.5, 0.6) is 0 Å². The summed E-state index contributed by atoms with van der Waals surface area (Å²) in [4.78, 5) is 33.5. The molecule has 0 unspecified atom stereocenters. The van der Waals surface area contributed by atoms with Gasteiger partial charge in [0.15, 0.2) is 0 Å². The van der Waals surface area contributed by atoms with E-state index < -0.39 is 26.8 Å². The SMILES string of the molecule is N#Cc1cc(-c2ccc([N+](=O)[O-])c([N+](=O)[O-])c2)c[nH]c1=O. The topological polar surface area (TPSA) is 143 Å². The molecule has 1 N–H and O–H groups in total. The molecule has 9 heteroatoms. The number of nitro benzene ring substituents is 2. The van der Waals surface area contributed by atoms with Gasteiger partial charge in [-0.15, -0.1) is 0 Å². The molecule has 104 valence electrons. The molecule has 0 bridgehead atoms. The first-order chi connectivity index (χ1) is 9.93. The Kier molecular flexibility index (Phi) is 3.45. The number of pyridine rings is 1. The molecule has 0 fully saturated rings. The van der Waals surface area contributed by atoms with E-state index in [4.69, 9.17) is 5.26 Å². The lowest BCUT2D eigenvalue weighted by molar-refractivity contribution is -0.422. The Bertz CT molecular complexity index is 849. The quantitative estimate of drug-likeness (QED) is 0.672. The van der Waals surface area contributed by atoms with Gasteiger partial charge in [0.2, 0.25) is 0 Å². The third kappa shape index (κ3) is 2.59. The fraction of sp³-hybridized carbons (Fsp3) is 0. The van der Waals surface area contributed by atoms with Gasteiger partial charge in [-0.1, -0.05) is 0 Å². The number of aromatic amines is 1. The van der Waals surface area contributed by atoms with Crippen molar-refractivity contribution < 1.29 is 9.85 Å². The van der Waals surface area contributed by atoms with Crippen molar-refractivity contribution in [2.24, 2.45) is 0 Å². The normalized spacial score (nSPS) is 9.86. The highest BCUT2D eigenvalue weighted by Crippen LogP contribution is 2.31. The minimum atomic E-state index is -0.863. The number of nitrogens with zero attached hydrogens (tertiary/aromatic N) is 3. The molecule has 0 atom stereocenters. The van der Waals surface area contributed by atoms with Gasteiger partial charge in [-0.3, -0.25) is 25.0 Å². The van der Waals surface area contributed by atoms with Crippen molar-refractivity contribution in [3.05, 3.63) is 66.6 Å². The number of rotatable bonds is 3. The Morgan fingerprint density at radius 2 is 1.71 bits per heavy atom. The molecule has 0 spiro atoms. The fourth-order valence-electron chi connectivity index (χ4n) is 1.74. The molecule has 0 aliphatic heterocycles. The Hall–Kier alpha value is -3.54. The molecular formula is C12H6N4O5. The van der Waals surface area contributed by atoms with Crippen LogP contribution in [-0.4, -0.2) is 14.8 Å². The summed E-state index contributed by atoms with van der Waals surface area (Å²) in [5.41, 5.74) is -1.42. The van der Waals surface area contributed by atoms with Crippen molar-refractivity contribution in [1.29, 1.82) is 5.26 Å². The van der Waals surface area contributed by atoms with E-state index in [0.29, 0.717) is 5.56 Å². The van der Waals surface area contributed by atoms with Gasteiger partial charge in [0, 0.05) is 18.3 Å². The number of benzene rings is 1. The molecule has 0 radical (unpaired) electrons. The second kappa shape index (κ2) is 5.22.